The molecule has 3 fully saturated rings. The number of carbonyl (C=O) groups is 2. The molecule has 3 saturated heterocycles. The molecule has 0 unspecified atom stereocenters. The van der Waals surface area contributed by atoms with Crippen LogP contribution in [0.15, 0.2) is 18.2 Å². The van der Waals surface area contributed by atoms with Crippen molar-refractivity contribution in [1.29, 1.82) is 0 Å². The van der Waals surface area contributed by atoms with E-state index in [0.717, 1.165) is 68.8 Å². The molecule has 8 heteroatoms. The molecular weight excluding hydrogens is 422 g/mol. The van der Waals surface area contributed by atoms with Crippen LogP contribution in [0.4, 0.5) is 4.79 Å². The van der Waals surface area contributed by atoms with Crippen molar-refractivity contribution in [1.82, 2.24) is 15.1 Å². The van der Waals surface area contributed by atoms with Gasteiger partial charge in [0.15, 0.2) is 0 Å². The predicted molar refractivity (Wildman–Crippen MR) is 124 cm³/mol. The molecule has 1 aromatic rings. The molecule has 0 saturated carbocycles. The van der Waals surface area contributed by atoms with E-state index in [4.69, 9.17) is 14.2 Å². The van der Waals surface area contributed by atoms with Crippen LogP contribution in [0.5, 0.6) is 11.5 Å². The Morgan fingerprint density at radius 3 is 2.58 bits per heavy atom. The van der Waals surface area contributed by atoms with Gasteiger partial charge in [-0.3, -0.25) is 14.6 Å². The normalized spacial score (nSPS) is 26.6. The summed E-state index contributed by atoms with van der Waals surface area (Å²) in [6.07, 6.45) is 5.14. The Hall–Kier alpha value is -2.32. The van der Waals surface area contributed by atoms with Crippen LogP contribution in [0.2, 0.25) is 0 Å². The first kappa shape index (κ1) is 23.8. The molecular formula is C25H37N3O5. The fourth-order valence-electron chi connectivity index (χ4n) is 5.65. The largest absolute Gasteiger partial charge is 0.497 e. The molecule has 3 amide bonds. The molecule has 3 heterocycles. The van der Waals surface area contributed by atoms with Crippen LogP contribution in [-0.2, 0) is 16.1 Å². The quantitative estimate of drug-likeness (QED) is 0.572. The maximum atomic E-state index is 13.6. The predicted octanol–water partition coefficient (Wildman–Crippen LogP) is 3.19. The van der Waals surface area contributed by atoms with Crippen LogP contribution in [0, 0.1) is 5.92 Å². The van der Waals surface area contributed by atoms with Gasteiger partial charge in [0, 0.05) is 24.8 Å². The molecule has 33 heavy (non-hydrogen) atoms. The summed E-state index contributed by atoms with van der Waals surface area (Å²) in [5.74, 6) is 1.68. The Bertz CT molecular complexity index is 848. The number of benzene rings is 1. The minimum absolute atomic E-state index is 0.0292. The van der Waals surface area contributed by atoms with E-state index in [9.17, 15) is 9.59 Å². The third-order valence-corrected chi connectivity index (χ3v) is 7.43. The maximum Gasteiger partial charge on any atom is 0.325 e. The number of hydrogen-bond acceptors (Lipinski definition) is 6. The van der Waals surface area contributed by atoms with Crippen molar-refractivity contribution in [3.05, 3.63) is 23.8 Å². The number of piperidine rings is 1. The summed E-state index contributed by atoms with van der Waals surface area (Å²) in [5.41, 5.74) is 0.335. The molecule has 0 bridgehead atoms. The minimum atomic E-state index is -0.783. The van der Waals surface area contributed by atoms with E-state index in [0.29, 0.717) is 19.6 Å². The number of carbonyl (C=O) groups excluding carboxylic acids is 2. The highest BCUT2D eigenvalue weighted by Gasteiger charge is 2.55. The number of hydrogen-bond donors (Lipinski definition) is 1. The third kappa shape index (κ3) is 4.82. The van der Waals surface area contributed by atoms with Gasteiger partial charge in [-0.25, -0.2) is 4.79 Å². The van der Waals surface area contributed by atoms with Gasteiger partial charge in [0.05, 0.1) is 26.9 Å². The molecule has 3 aliphatic rings. The number of likely N-dealkylation sites (tertiary alicyclic amines) is 1. The van der Waals surface area contributed by atoms with Gasteiger partial charge in [-0.15, -0.1) is 0 Å². The molecule has 182 valence electrons. The van der Waals surface area contributed by atoms with Gasteiger partial charge < -0.3 is 19.5 Å². The lowest BCUT2D eigenvalue weighted by Gasteiger charge is -2.41. The smallest absolute Gasteiger partial charge is 0.325 e. The first-order valence-electron chi connectivity index (χ1n) is 12.2. The molecule has 3 aliphatic heterocycles. The van der Waals surface area contributed by atoms with Crippen molar-refractivity contribution in [3.63, 3.8) is 0 Å². The molecule has 1 aromatic carbocycles. The summed E-state index contributed by atoms with van der Waals surface area (Å²) in [7, 11) is 3.33. The second-order valence-corrected chi connectivity index (χ2v) is 9.43. The second kappa shape index (κ2) is 10.3. The SMILES string of the molecule is CCC[C@]1(C2CCN(Cc3ccc(OC)cc3OC)CC2)NC(=O)N(C[C@@H]2CCCO2)C1=O. The summed E-state index contributed by atoms with van der Waals surface area (Å²) in [5, 5.41) is 3.14. The summed E-state index contributed by atoms with van der Waals surface area (Å²) < 4.78 is 16.6. The van der Waals surface area contributed by atoms with E-state index in [-0.39, 0.29) is 24.0 Å². The monoisotopic (exact) mass is 459 g/mol. The number of urea groups is 1. The van der Waals surface area contributed by atoms with Crippen LogP contribution in [0.25, 0.3) is 0 Å². The molecule has 4 rings (SSSR count). The Balaban J connectivity index is 1.41. The van der Waals surface area contributed by atoms with E-state index in [2.05, 4.69) is 17.1 Å². The van der Waals surface area contributed by atoms with Gasteiger partial charge in [-0.05, 0) is 57.2 Å². The number of rotatable bonds is 9. The Morgan fingerprint density at radius 2 is 1.94 bits per heavy atom. The first-order valence-corrected chi connectivity index (χ1v) is 12.2. The summed E-state index contributed by atoms with van der Waals surface area (Å²) in [6.45, 7) is 5.69. The molecule has 2 atom stereocenters. The standard InChI is InChI=1S/C25H37N3O5/c1-4-11-25(23(29)28(24(30)26-25)17-21-6-5-14-33-21)19-9-12-27(13-10-19)16-18-7-8-20(31-2)15-22(18)32-3/h7-8,15,19,21H,4-6,9-14,16-17H2,1-3H3,(H,26,30)/t21-,25+/m0/s1. The molecule has 0 aliphatic carbocycles. The van der Waals surface area contributed by atoms with Crippen molar-refractivity contribution in [2.24, 2.45) is 5.92 Å². The molecule has 0 aromatic heterocycles. The van der Waals surface area contributed by atoms with Crippen LogP contribution in [-0.4, -0.2) is 73.8 Å². The van der Waals surface area contributed by atoms with Gasteiger partial charge >= 0.3 is 6.03 Å². The van der Waals surface area contributed by atoms with Crippen LogP contribution >= 0.6 is 0 Å². The van der Waals surface area contributed by atoms with Gasteiger partial charge in [-0.1, -0.05) is 19.4 Å². The van der Waals surface area contributed by atoms with Crippen LogP contribution < -0.4 is 14.8 Å². The topological polar surface area (TPSA) is 80.3 Å². The zero-order valence-corrected chi connectivity index (χ0v) is 20.1. The number of ether oxygens (including phenoxy) is 3. The van der Waals surface area contributed by atoms with E-state index < -0.39 is 5.54 Å². The highest BCUT2D eigenvalue weighted by Crippen LogP contribution is 2.38. The van der Waals surface area contributed by atoms with Crippen molar-refractivity contribution >= 4 is 11.9 Å². The van der Waals surface area contributed by atoms with Gasteiger partial charge in [-0.2, -0.15) is 0 Å². The van der Waals surface area contributed by atoms with Crippen molar-refractivity contribution in [2.45, 2.75) is 63.6 Å². The molecule has 0 spiro atoms. The Labute approximate surface area is 196 Å². The third-order valence-electron chi connectivity index (χ3n) is 7.43. The van der Waals surface area contributed by atoms with Gasteiger partial charge in [0.1, 0.15) is 17.0 Å². The van der Waals surface area contributed by atoms with Crippen LogP contribution in [0.3, 0.4) is 0 Å². The zero-order chi connectivity index (χ0) is 23.4. The molecule has 8 nitrogen and oxygen atoms in total. The Morgan fingerprint density at radius 1 is 1.15 bits per heavy atom. The minimum Gasteiger partial charge on any atom is -0.497 e. The lowest BCUT2D eigenvalue weighted by Crippen LogP contribution is -2.56. The number of amides is 3. The van der Waals surface area contributed by atoms with Crippen molar-refractivity contribution in [2.75, 3.05) is 40.5 Å². The zero-order valence-electron chi connectivity index (χ0n) is 20.1. The molecule has 1 N–H and O–H groups in total. The van der Waals surface area contributed by atoms with E-state index in [1.807, 2.05) is 18.2 Å². The Kier molecular flexibility index (Phi) is 7.44. The second-order valence-electron chi connectivity index (χ2n) is 9.43. The summed E-state index contributed by atoms with van der Waals surface area (Å²) in [4.78, 5) is 30.2. The highest BCUT2D eigenvalue weighted by molar-refractivity contribution is 6.07. The summed E-state index contributed by atoms with van der Waals surface area (Å²) >= 11 is 0. The molecule has 0 radical (unpaired) electrons. The lowest BCUT2D eigenvalue weighted by molar-refractivity contribution is -0.135. The number of nitrogens with zero attached hydrogens (tertiary/aromatic N) is 2. The van der Waals surface area contributed by atoms with Crippen molar-refractivity contribution in [3.8, 4) is 11.5 Å². The number of imide groups is 1. The highest BCUT2D eigenvalue weighted by atomic mass is 16.5. The summed E-state index contributed by atoms with van der Waals surface area (Å²) in [6, 6.07) is 5.66. The van der Waals surface area contributed by atoms with Crippen molar-refractivity contribution < 1.29 is 23.8 Å². The van der Waals surface area contributed by atoms with E-state index in [1.54, 1.807) is 14.2 Å². The van der Waals surface area contributed by atoms with Crippen LogP contribution in [0.1, 0.15) is 51.0 Å². The number of nitrogens with one attached hydrogen (secondary N) is 1. The lowest BCUT2D eigenvalue weighted by atomic mass is 9.74. The number of methoxy groups -OCH3 is 2. The first-order chi connectivity index (χ1) is 16.0. The van der Waals surface area contributed by atoms with E-state index >= 15 is 0 Å². The fourth-order valence-corrected chi connectivity index (χ4v) is 5.65. The average Bonchev–Trinajstić information content (AvgIpc) is 3.43. The van der Waals surface area contributed by atoms with Gasteiger partial charge in [0.25, 0.3) is 5.91 Å². The average molecular weight is 460 g/mol. The maximum absolute atomic E-state index is 13.6. The van der Waals surface area contributed by atoms with E-state index in [1.165, 1.54) is 4.90 Å². The van der Waals surface area contributed by atoms with Gasteiger partial charge in [0.2, 0.25) is 0 Å². The fraction of sp³-hybridized carbons (Fsp3) is 0.680.